The number of allylic oxidation sites excluding steroid dienone is 5. The summed E-state index contributed by atoms with van der Waals surface area (Å²) >= 11 is 0. The van der Waals surface area contributed by atoms with Gasteiger partial charge < -0.3 is 5.73 Å². The minimum atomic E-state index is 0.129. The molecular weight excluding hydrogens is 206 g/mol. The van der Waals surface area contributed by atoms with Gasteiger partial charge in [-0.2, -0.15) is 0 Å². The predicted molar refractivity (Wildman–Crippen MR) is 78.9 cm³/mol. The lowest BCUT2D eigenvalue weighted by molar-refractivity contribution is 0.764. The lowest BCUT2D eigenvalue weighted by atomic mass is 9.92. The van der Waals surface area contributed by atoms with Crippen LogP contribution in [-0.2, 0) is 0 Å². The monoisotopic (exact) mass is 233 g/mol. The summed E-state index contributed by atoms with van der Waals surface area (Å²) < 4.78 is 0. The van der Waals surface area contributed by atoms with Crippen LogP contribution in [-0.4, -0.2) is 6.04 Å². The van der Waals surface area contributed by atoms with E-state index in [2.05, 4.69) is 46.1 Å². The van der Waals surface area contributed by atoms with Crippen LogP contribution in [0.5, 0.6) is 0 Å². The maximum Gasteiger partial charge on any atom is 0.0222 e. The standard InChI is InChI=1S/C16H27N/c1-7-12(3)11-16(13(4)8-2)10-9-14(5)15(6)17/h8-9,11,15-16H,2,4,7,10,17H2,1,3,5-6H3/b12-11+,14-9+. The molecule has 0 aliphatic rings. The summed E-state index contributed by atoms with van der Waals surface area (Å²) in [6.45, 7) is 16.3. The third kappa shape index (κ3) is 6.28. The molecule has 2 unspecified atom stereocenters. The van der Waals surface area contributed by atoms with Crippen LogP contribution in [0.15, 0.2) is 48.1 Å². The van der Waals surface area contributed by atoms with Gasteiger partial charge in [-0.25, -0.2) is 0 Å². The Balaban J connectivity index is 4.79. The highest BCUT2D eigenvalue weighted by atomic mass is 14.6. The summed E-state index contributed by atoms with van der Waals surface area (Å²) in [5.41, 5.74) is 9.53. The fourth-order valence-corrected chi connectivity index (χ4v) is 1.44. The smallest absolute Gasteiger partial charge is 0.0222 e. The van der Waals surface area contributed by atoms with Gasteiger partial charge in [-0.05, 0) is 39.2 Å². The zero-order valence-corrected chi connectivity index (χ0v) is 11.8. The van der Waals surface area contributed by atoms with Gasteiger partial charge in [0.2, 0.25) is 0 Å². The average molecular weight is 233 g/mol. The molecule has 0 radical (unpaired) electrons. The van der Waals surface area contributed by atoms with E-state index >= 15 is 0 Å². The van der Waals surface area contributed by atoms with Crippen molar-refractivity contribution in [3.8, 4) is 0 Å². The molecule has 0 fully saturated rings. The molecule has 0 rings (SSSR count). The Kier molecular flexibility index (Phi) is 7.56. The Morgan fingerprint density at radius 3 is 2.35 bits per heavy atom. The SMILES string of the molecule is C=CC(=C)C(/C=C(\C)CC)C/C=C(\C)C(C)N. The first kappa shape index (κ1) is 15.9. The summed E-state index contributed by atoms with van der Waals surface area (Å²) in [5.74, 6) is 0.348. The minimum absolute atomic E-state index is 0.129. The van der Waals surface area contributed by atoms with Crippen LogP contribution in [0.4, 0.5) is 0 Å². The summed E-state index contributed by atoms with van der Waals surface area (Å²) in [5, 5.41) is 0. The highest BCUT2D eigenvalue weighted by Crippen LogP contribution is 2.21. The Labute approximate surface area is 107 Å². The van der Waals surface area contributed by atoms with Crippen molar-refractivity contribution in [1.29, 1.82) is 0 Å². The predicted octanol–water partition coefficient (Wildman–Crippen LogP) is 4.38. The van der Waals surface area contributed by atoms with Crippen molar-refractivity contribution in [3.63, 3.8) is 0 Å². The van der Waals surface area contributed by atoms with E-state index < -0.39 is 0 Å². The fourth-order valence-electron chi connectivity index (χ4n) is 1.44. The highest BCUT2D eigenvalue weighted by molar-refractivity contribution is 5.24. The first-order valence-electron chi connectivity index (χ1n) is 6.33. The van der Waals surface area contributed by atoms with Crippen molar-refractivity contribution < 1.29 is 0 Å². The van der Waals surface area contributed by atoms with Crippen LogP contribution < -0.4 is 5.73 Å². The molecule has 17 heavy (non-hydrogen) atoms. The maximum atomic E-state index is 5.83. The van der Waals surface area contributed by atoms with Crippen molar-refractivity contribution in [2.45, 2.75) is 46.6 Å². The zero-order chi connectivity index (χ0) is 13.4. The lowest BCUT2D eigenvalue weighted by Crippen LogP contribution is -2.16. The normalized spacial score (nSPS) is 16.5. The van der Waals surface area contributed by atoms with Gasteiger partial charge in [0.15, 0.2) is 0 Å². The molecule has 0 saturated carbocycles. The summed E-state index contributed by atoms with van der Waals surface area (Å²) in [6, 6.07) is 0.129. The van der Waals surface area contributed by atoms with Crippen molar-refractivity contribution in [2.75, 3.05) is 0 Å². The van der Waals surface area contributed by atoms with E-state index in [1.165, 1.54) is 11.1 Å². The molecule has 0 aromatic heterocycles. The van der Waals surface area contributed by atoms with Crippen LogP contribution in [0, 0.1) is 5.92 Å². The Morgan fingerprint density at radius 1 is 1.35 bits per heavy atom. The molecule has 1 heteroatoms. The van der Waals surface area contributed by atoms with E-state index in [9.17, 15) is 0 Å². The van der Waals surface area contributed by atoms with Gasteiger partial charge in [0, 0.05) is 12.0 Å². The van der Waals surface area contributed by atoms with E-state index in [0.717, 1.165) is 18.4 Å². The van der Waals surface area contributed by atoms with E-state index in [0.29, 0.717) is 5.92 Å². The largest absolute Gasteiger partial charge is 0.324 e. The van der Waals surface area contributed by atoms with Crippen LogP contribution >= 0.6 is 0 Å². The third-order valence-corrected chi connectivity index (χ3v) is 3.19. The summed E-state index contributed by atoms with van der Waals surface area (Å²) in [4.78, 5) is 0. The molecule has 0 aromatic carbocycles. The highest BCUT2D eigenvalue weighted by Gasteiger charge is 2.07. The number of rotatable bonds is 7. The van der Waals surface area contributed by atoms with Crippen molar-refractivity contribution in [1.82, 2.24) is 0 Å². The van der Waals surface area contributed by atoms with Gasteiger partial charge in [0.1, 0.15) is 0 Å². The number of hydrogen-bond donors (Lipinski definition) is 1. The first-order valence-corrected chi connectivity index (χ1v) is 6.33. The van der Waals surface area contributed by atoms with Gasteiger partial charge in [-0.3, -0.25) is 0 Å². The number of nitrogens with two attached hydrogens (primary N) is 1. The Hall–Kier alpha value is -1.08. The van der Waals surface area contributed by atoms with Crippen LogP contribution in [0.1, 0.15) is 40.5 Å². The quantitative estimate of drug-likeness (QED) is 0.512. The molecule has 0 bridgehead atoms. The molecule has 0 spiro atoms. The molecule has 1 nitrogen and oxygen atoms in total. The molecular formula is C16H27N. The molecule has 0 saturated heterocycles. The molecule has 96 valence electrons. The zero-order valence-electron chi connectivity index (χ0n) is 11.8. The third-order valence-electron chi connectivity index (χ3n) is 3.19. The van der Waals surface area contributed by atoms with Gasteiger partial charge in [0.05, 0.1) is 0 Å². The minimum Gasteiger partial charge on any atom is -0.324 e. The second-order valence-electron chi connectivity index (χ2n) is 4.72. The van der Waals surface area contributed by atoms with Crippen LogP contribution in [0.2, 0.25) is 0 Å². The van der Waals surface area contributed by atoms with E-state index in [1.807, 2.05) is 13.0 Å². The Morgan fingerprint density at radius 2 is 1.94 bits per heavy atom. The summed E-state index contributed by atoms with van der Waals surface area (Å²) in [7, 11) is 0. The van der Waals surface area contributed by atoms with E-state index in [4.69, 9.17) is 5.73 Å². The molecule has 2 atom stereocenters. The molecule has 2 N–H and O–H groups in total. The van der Waals surface area contributed by atoms with Gasteiger partial charge in [0.25, 0.3) is 0 Å². The van der Waals surface area contributed by atoms with Crippen molar-refractivity contribution in [2.24, 2.45) is 11.7 Å². The van der Waals surface area contributed by atoms with E-state index in [-0.39, 0.29) is 6.04 Å². The maximum absolute atomic E-state index is 5.83. The topological polar surface area (TPSA) is 26.0 Å². The average Bonchev–Trinajstić information content (AvgIpc) is 2.32. The molecule has 0 aliphatic carbocycles. The number of hydrogen-bond acceptors (Lipinski definition) is 1. The molecule has 0 aliphatic heterocycles. The second-order valence-corrected chi connectivity index (χ2v) is 4.72. The summed E-state index contributed by atoms with van der Waals surface area (Å²) in [6.07, 6.45) is 8.38. The molecule has 0 amide bonds. The van der Waals surface area contributed by atoms with Crippen LogP contribution in [0.3, 0.4) is 0 Å². The molecule has 0 heterocycles. The van der Waals surface area contributed by atoms with Gasteiger partial charge in [-0.15, -0.1) is 0 Å². The first-order chi connectivity index (χ1) is 7.92. The van der Waals surface area contributed by atoms with Crippen LogP contribution in [0.25, 0.3) is 0 Å². The molecule has 0 aromatic rings. The fraction of sp³-hybridized carbons (Fsp3) is 0.500. The lowest BCUT2D eigenvalue weighted by Gasteiger charge is -2.14. The van der Waals surface area contributed by atoms with E-state index in [1.54, 1.807) is 0 Å². The van der Waals surface area contributed by atoms with Crippen molar-refractivity contribution >= 4 is 0 Å². The Bertz CT molecular complexity index is 318. The van der Waals surface area contributed by atoms with Gasteiger partial charge in [-0.1, -0.05) is 49.5 Å². The second kappa shape index (κ2) is 8.08. The van der Waals surface area contributed by atoms with Crippen molar-refractivity contribution in [3.05, 3.63) is 48.1 Å². The van der Waals surface area contributed by atoms with Gasteiger partial charge >= 0.3 is 0 Å².